The second-order valence-corrected chi connectivity index (χ2v) is 10.5. The van der Waals surface area contributed by atoms with Crippen LogP contribution in [0.4, 0.5) is 0 Å². The largest absolute Gasteiger partial charge is 0.350 e. The van der Waals surface area contributed by atoms with Gasteiger partial charge in [0.1, 0.15) is 0 Å². The fourth-order valence-electron chi connectivity index (χ4n) is 4.99. The quantitative estimate of drug-likeness (QED) is 0.755. The van der Waals surface area contributed by atoms with Crippen LogP contribution in [0, 0.1) is 5.92 Å². The molecule has 2 aliphatic heterocycles. The van der Waals surface area contributed by atoms with Gasteiger partial charge in [0.05, 0.1) is 12.5 Å². The van der Waals surface area contributed by atoms with Gasteiger partial charge in [-0.3, -0.25) is 19.3 Å². The van der Waals surface area contributed by atoms with E-state index < -0.39 is 0 Å². The van der Waals surface area contributed by atoms with Gasteiger partial charge in [0.15, 0.2) is 0 Å². The summed E-state index contributed by atoms with van der Waals surface area (Å²) in [5.74, 6) is -0.0104. The number of amides is 3. The average Bonchev–Trinajstić information content (AvgIpc) is 2.82. The Balaban J connectivity index is 1.33. The fraction of sp³-hybridized carbons (Fsp3) is 0.519. The third-order valence-corrected chi connectivity index (χ3v) is 6.64. The van der Waals surface area contributed by atoms with E-state index in [0.717, 1.165) is 23.6 Å². The number of hydrogen-bond acceptors (Lipinski definition) is 4. The molecule has 7 nitrogen and oxygen atoms in total. The van der Waals surface area contributed by atoms with Crippen LogP contribution in [0.15, 0.2) is 42.5 Å². The summed E-state index contributed by atoms with van der Waals surface area (Å²) < 4.78 is 0. The lowest BCUT2D eigenvalue weighted by atomic mass is 9.95. The number of piperidine rings is 1. The Morgan fingerprint density at radius 2 is 1.62 bits per heavy atom. The minimum absolute atomic E-state index is 0.00369. The maximum absolute atomic E-state index is 13.4. The summed E-state index contributed by atoms with van der Waals surface area (Å²) >= 11 is 0. The standard InChI is InChI=1S/C27H36N4O3/c1-27(2,3)28-24(32)19-29-14-16-30(17-15-29)25(33)21-10-7-13-31(18-21)26(34)23-12-6-9-20-8-4-5-11-22(20)23/h4-6,8-9,11-12,21H,7,10,13-19H2,1-3H3,(H,28,32). The van der Waals surface area contributed by atoms with Gasteiger partial charge in [-0.2, -0.15) is 0 Å². The Kier molecular flexibility index (Phi) is 7.22. The molecule has 1 unspecified atom stereocenters. The Morgan fingerprint density at radius 3 is 2.35 bits per heavy atom. The maximum atomic E-state index is 13.4. The first kappa shape index (κ1) is 24.2. The van der Waals surface area contributed by atoms with Crippen molar-refractivity contribution in [3.8, 4) is 0 Å². The first-order valence-electron chi connectivity index (χ1n) is 12.3. The molecule has 0 aliphatic carbocycles. The van der Waals surface area contributed by atoms with Crippen molar-refractivity contribution in [1.29, 1.82) is 0 Å². The van der Waals surface area contributed by atoms with Crippen molar-refractivity contribution in [2.45, 2.75) is 39.2 Å². The van der Waals surface area contributed by atoms with Crippen LogP contribution < -0.4 is 5.32 Å². The maximum Gasteiger partial charge on any atom is 0.254 e. The van der Waals surface area contributed by atoms with Crippen LogP contribution in [-0.2, 0) is 9.59 Å². The molecule has 4 rings (SSSR count). The third kappa shape index (κ3) is 5.76. The van der Waals surface area contributed by atoms with Gasteiger partial charge in [0.2, 0.25) is 11.8 Å². The number of benzene rings is 2. The monoisotopic (exact) mass is 464 g/mol. The molecule has 2 aliphatic rings. The van der Waals surface area contributed by atoms with Gasteiger partial charge in [-0.25, -0.2) is 0 Å². The Bertz CT molecular complexity index is 1050. The van der Waals surface area contributed by atoms with Gasteiger partial charge < -0.3 is 15.1 Å². The molecule has 34 heavy (non-hydrogen) atoms. The van der Waals surface area contributed by atoms with Gasteiger partial charge in [-0.1, -0.05) is 36.4 Å². The van der Waals surface area contributed by atoms with Crippen LogP contribution in [0.1, 0.15) is 44.0 Å². The molecule has 1 N–H and O–H groups in total. The van der Waals surface area contributed by atoms with Crippen molar-refractivity contribution in [1.82, 2.24) is 20.0 Å². The molecule has 0 saturated carbocycles. The second kappa shape index (κ2) is 10.1. The molecule has 0 spiro atoms. The van der Waals surface area contributed by atoms with E-state index >= 15 is 0 Å². The van der Waals surface area contributed by atoms with E-state index in [-0.39, 0.29) is 29.2 Å². The van der Waals surface area contributed by atoms with Gasteiger partial charge in [0, 0.05) is 50.4 Å². The molecule has 2 aromatic rings. The second-order valence-electron chi connectivity index (χ2n) is 10.5. The molecule has 0 radical (unpaired) electrons. The number of carbonyl (C=O) groups excluding carboxylic acids is 3. The van der Waals surface area contributed by atoms with Gasteiger partial charge >= 0.3 is 0 Å². The Labute approximate surface area is 202 Å². The molecule has 0 bridgehead atoms. The highest BCUT2D eigenvalue weighted by Crippen LogP contribution is 2.25. The lowest BCUT2D eigenvalue weighted by Gasteiger charge is -2.39. The summed E-state index contributed by atoms with van der Waals surface area (Å²) in [5, 5.41) is 5.00. The minimum Gasteiger partial charge on any atom is -0.350 e. The highest BCUT2D eigenvalue weighted by Gasteiger charge is 2.33. The SMILES string of the molecule is CC(C)(C)NC(=O)CN1CCN(C(=O)C2CCCN(C(=O)c3cccc4ccccc34)C2)CC1. The van der Waals surface area contributed by atoms with E-state index in [2.05, 4.69) is 10.2 Å². The van der Waals surface area contributed by atoms with E-state index in [9.17, 15) is 14.4 Å². The number of piperazine rings is 1. The lowest BCUT2D eigenvalue weighted by Crippen LogP contribution is -2.55. The normalized spacial score (nSPS) is 19.8. The van der Waals surface area contributed by atoms with E-state index in [1.54, 1.807) is 0 Å². The van der Waals surface area contributed by atoms with Crippen molar-refractivity contribution in [2.24, 2.45) is 5.92 Å². The van der Waals surface area contributed by atoms with E-state index in [4.69, 9.17) is 0 Å². The molecule has 0 aromatic heterocycles. The number of rotatable bonds is 4. The van der Waals surface area contributed by atoms with Crippen molar-refractivity contribution in [2.75, 3.05) is 45.8 Å². The number of carbonyl (C=O) groups is 3. The highest BCUT2D eigenvalue weighted by molar-refractivity contribution is 6.07. The zero-order chi connectivity index (χ0) is 24.3. The van der Waals surface area contributed by atoms with Crippen molar-refractivity contribution in [3.63, 3.8) is 0 Å². The number of nitrogens with zero attached hydrogens (tertiary/aromatic N) is 3. The molecule has 2 aromatic carbocycles. The summed E-state index contributed by atoms with van der Waals surface area (Å²) in [6.45, 7) is 10.0. The first-order chi connectivity index (χ1) is 16.2. The molecule has 7 heteroatoms. The molecule has 1 atom stereocenters. The summed E-state index contributed by atoms with van der Waals surface area (Å²) in [4.78, 5) is 44.7. The number of likely N-dealkylation sites (tertiary alicyclic amines) is 1. The third-order valence-electron chi connectivity index (χ3n) is 6.64. The average molecular weight is 465 g/mol. The van der Waals surface area contributed by atoms with Crippen LogP contribution in [-0.4, -0.2) is 83.8 Å². The first-order valence-corrected chi connectivity index (χ1v) is 12.3. The van der Waals surface area contributed by atoms with Gasteiger partial charge in [-0.15, -0.1) is 0 Å². The zero-order valence-corrected chi connectivity index (χ0v) is 20.5. The number of nitrogens with one attached hydrogen (secondary N) is 1. The van der Waals surface area contributed by atoms with E-state index in [0.29, 0.717) is 51.4 Å². The summed E-state index contributed by atoms with van der Waals surface area (Å²) in [7, 11) is 0. The summed E-state index contributed by atoms with van der Waals surface area (Å²) in [6.07, 6.45) is 1.65. The number of fused-ring (bicyclic) bond motifs is 1. The summed E-state index contributed by atoms with van der Waals surface area (Å²) in [5.41, 5.74) is 0.457. The predicted octanol–water partition coefficient (Wildman–Crippen LogP) is 2.75. The molecule has 182 valence electrons. The highest BCUT2D eigenvalue weighted by atomic mass is 16.2. The molecule has 2 heterocycles. The predicted molar refractivity (Wildman–Crippen MR) is 133 cm³/mol. The van der Waals surface area contributed by atoms with Crippen molar-refractivity contribution >= 4 is 28.5 Å². The zero-order valence-electron chi connectivity index (χ0n) is 20.5. The smallest absolute Gasteiger partial charge is 0.254 e. The summed E-state index contributed by atoms with van der Waals surface area (Å²) in [6, 6.07) is 13.7. The molecular formula is C27H36N4O3. The fourth-order valence-corrected chi connectivity index (χ4v) is 4.99. The van der Waals surface area contributed by atoms with E-state index in [1.165, 1.54) is 0 Å². The van der Waals surface area contributed by atoms with Crippen LogP contribution in [0.3, 0.4) is 0 Å². The lowest BCUT2D eigenvalue weighted by molar-refractivity contribution is -0.139. The van der Waals surface area contributed by atoms with Crippen LogP contribution in [0.2, 0.25) is 0 Å². The Morgan fingerprint density at radius 1 is 0.912 bits per heavy atom. The van der Waals surface area contributed by atoms with Crippen LogP contribution >= 0.6 is 0 Å². The molecule has 3 amide bonds. The van der Waals surface area contributed by atoms with Crippen molar-refractivity contribution in [3.05, 3.63) is 48.0 Å². The minimum atomic E-state index is -0.245. The van der Waals surface area contributed by atoms with E-state index in [1.807, 2.05) is 73.0 Å². The molecular weight excluding hydrogens is 428 g/mol. The molecule has 2 saturated heterocycles. The van der Waals surface area contributed by atoms with Crippen LogP contribution in [0.5, 0.6) is 0 Å². The Hall–Kier alpha value is -2.93. The van der Waals surface area contributed by atoms with Crippen molar-refractivity contribution < 1.29 is 14.4 Å². The van der Waals surface area contributed by atoms with Crippen LogP contribution in [0.25, 0.3) is 10.8 Å². The number of hydrogen-bond donors (Lipinski definition) is 1. The van der Waals surface area contributed by atoms with Gasteiger partial charge in [-0.05, 0) is 50.5 Å². The topological polar surface area (TPSA) is 73.0 Å². The van der Waals surface area contributed by atoms with Gasteiger partial charge in [0.25, 0.3) is 5.91 Å². The molecule has 2 fully saturated rings.